The topological polar surface area (TPSA) is 15.3 Å². The fraction of sp³-hybridized carbons (Fsp3) is 0.571. The van der Waals surface area contributed by atoms with Gasteiger partial charge < -0.3 is 10.2 Å². The van der Waals surface area contributed by atoms with Crippen molar-refractivity contribution in [2.45, 2.75) is 39.9 Å². The highest BCUT2D eigenvalue weighted by atomic mass is 15.1. The zero-order chi connectivity index (χ0) is 12.0. The number of nitrogens with zero attached hydrogens (tertiary/aromatic N) is 1. The molecule has 0 saturated heterocycles. The standard InChI is InChI=1S/C14H24N2/c1-5-16(4)11-14-8-6-7-13(9-14)10-15-12(2)3/h6-9,12,15H,5,10-11H2,1-4H3. The SMILES string of the molecule is CCN(C)Cc1cccc(CNC(C)C)c1. The molecule has 1 aromatic rings. The highest BCUT2D eigenvalue weighted by Crippen LogP contribution is 2.07. The molecule has 90 valence electrons. The minimum absolute atomic E-state index is 0.543. The molecule has 2 nitrogen and oxygen atoms in total. The normalized spacial score (nSPS) is 11.4. The average molecular weight is 220 g/mol. The molecule has 1 aromatic carbocycles. The molecule has 0 aliphatic rings. The molecule has 0 aromatic heterocycles. The first-order valence-electron chi connectivity index (χ1n) is 6.11. The number of nitrogens with one attached hydrogen (secondary N) is 1. The van der Waals surface area contributed by atoms with Gasteiger partial charge in [-0.05, 0) is 24.7 Å². The van der Waals surface area contributed by atoms with Crippen LogP contribution >= 0.6 is 0 Å². The predicted molar refractivity (Wildman–Crippen MR) is 70.4 cm³/mol. The van der Waals surface area contributed by atoms with Gasteiger partial charge in [0.2, 0.25) is 0 Å². The van der Waals surface area contributed by atoms with E-state index in [1.54, 1.807) is 0 Å². The highest BCUT2D eigenvalue weighted by molar-refractivity contribution is 5.23. The molecule has 2 heteroatoms. The lowest BCUT2D eigenvalue weighted by Crippen LogP contribution is -2.22. The van der Waals surface area contributed by atoms with Gasteiger partial charge in [0.1, 0.15) is 0 Å². The van der Waals surface area contributed by atoms with E-state index in [1.165, 1.54) is 11.1 Å². The first-order valence-corrected chi connectivity index (χ1v) is 6.11. The van der Waals surface area contributed by atoms with Gasteiger partial charge in [-0.1, -0.05) is 45.0 Å². The second kappa shape index (κ2) is 6.66. The smallest absolute Gasteiger partial charge is 0.0230 e. The van der Waals surface area contributed by atoms with Crippen molar-refractivity contribution in [1.29, 1.82) is 0 Å². The van der Waals surface area contributed by atoms with Crippen LogP contribution in [0.4, 0.5) is 0 Å². The number of rotatable bonds is 6. The molecule has 0 unspecified atom stereocenters. The molecule has 0 aliphatic carbocycles. The Morgan fingerprint density at radius 3 is 2.56 bits per heavy atom. The van der Waals surface area contributed by atoms with Crippen molar-refractivity contribution in [2.24, 2.45) is 0 Å². The van der Waals surface area contributed by atoms with E-state index in [-0.39, 0.29) is 0 Å². The third-order valence-electron chi connectivity index (χ3n) is 2.70. The van der Waals surface area contributed by atoms with Crippen LogP contribution < -0.4 is 5.32 Å². The molecule has 0 radical (unpaired) electrons. The van der Waals surface area contributed by atoms with Crippen LogP contribution in [0.5, 0.6) is 0 Å². The van der Waals surface area contributed by atoms with E-state index < -0.39 is 0 Å². The van der Waals surface area contributed by atoms with E-state index in [2.05, 4.69) is 62.3 Å². The van der Waals surface area contributed by atoms with E-state index in [1.807, 2.05) is 0 Å². The van der Waals surface area contributed by atoms with E-state index >= 15 is 0 Å². The van der Waals surface area contributed by atoms with Crippen LogP contribution in [-0.2, 0) is 13.1 Å². The Balaban J connectivity index is 2.56. The molecular weight excluding hydrogens is 196 g/mol. The Kier molecular flexibility index (Phi) is 5.50. The van der Waals surface area contributed by atoms with Gasteiger partial charge in [-0.2, -0.15) is 0 Å². The third-order valence-corrected chi connectivity index (χ3v) is 2.70. The van der Waals surface area contributed by atoms with Gasteiger partial charge >= 0.3 is 0 Å². The average Bonchev–Trinajstić information content (AvgIpc) is 2.26. The molecule has 1 N–H and O–H groups in total. The second-order valence-electron chi connectivity index (χ2n) is 4.69. The monoisotopic (exact) mass is 220 g/mol. The Bertz CT molecular complexity index is 307. The van der Waals surface area contributed by atoms with E-state index in [9.17, 15) is 0 Å². The second-order valence-corrected chi connectivity index (χ2v) is 4.69. The number of hydrogen-bond donors (Lipinski definition) is 1. The van der Waals surface area contributed by atoms with Gasteiger partial charge in [0.15, 0.2) is 0 Å². The number of hydrogen-bond acceptors (Lipinski definition) is 2. The van der Waals surface area contributed by atoms with Crippen molar-refractivity contribution in [2.75, 3.05) is 13.6 Å². The van der Waals surface area contributed by atoms with Gasteiger partial charge in [-0.15, -0.1) is 0 Å². The van der Waals surface area contributed by atoms with Crippen molar-refractivity contribution < 1.29 is 0 Å². The minimum atomic E-state index is 0.543. The molecular formula is C14H24N2. The van der Waals surface area contributed by atoms with Crippen molar-refractivity contribution in [3.8, 4) is 0 Å². The lowest BCUT2D eigenvalue weighted by molar-refractivity contribution is 0.345. The Morgan fingerprint density at radius 1 is 1.25 bits per heavy atom. The predicted octanol–water partition coefficient (Wildman–Crippen LogP) is 2.64. The maximum atomic E-state index is 3.44. The van der Waals surface area contributed by atoms with E-state index in [0.717, 1.165) is 19.6 Å². The molecule has 1 rings (SSSR count). The van der Waals surface area contributed by atoms with Gasteiger partial charge in [-0.3, -0.25) is 0 Å². The van der Waals surface area contributed by atoms with Crippen LogP contribution in [0.2, 0.25) is 0 Å². The highest BCUT2D eigenvalue weighted by Gasteiger charge is 2.00. The largest absolute Gasteiger partial charge is 0.310 e. The maximum Gasteiger partial charge on any atom is 0.0230 e. The van der Waals surface area contributed by atoms with E-state index in [0.29, 0.717) is 6.04 Å². The van der Waals surface area contributed by atoms with E-state index in [4.69, 9.17) is 0 Å². The van der Waals surface area contributed by atoms with Crippen molar-refractivity contribution in [3.05, 3.63) is 35.4 Å². The molecule has 0 amide bonds. The maximum absolute atomic E-state index is 3.44. The first kappa shape index (κ1) is 13.2. The third kappa shape index (κ3) is 4.77. The lowest BCUT2D eigenvalue weighted by atomic mass is 10.1. The lowest BCUT2D eigenvalue weighted by Gasteiger charge is -2.15. The van der Waals surface area contributed by atoms with Crippen molar-refractivity contribution in [3.63, 3.8) is 0 Å². The summed E-state index contributed by atoms with van der Waals surface area (Å²) in [5, 5.41) is 3.44. The van der Waals surface area contributed by atoms with Gasteiger partial charge in [-0.25, -0.2) is 0 Å². The first-order chi connectivity index (χ1) is 7.61. The van der Waals surface area contributed by atoms with Crippen LogP contribution in [-0.4, -0.2) is 24.5 Å². The molecule has 0 heterocycles. The summed E-state index contributed by atoms with van der Waals surface area (Å²) in [7, 11) is 2.15. The van der Waals surface area contributed by atoms with Crippen LogP contribution in [0.1, 0.15) is 31.9 Å². The minimum Gasteiger partial charge on any atom is -0.310 e. The van der Waals surface area contributed by atoms with Gasteiger partial charge in [0.05, 0.1) is 0 Å². The quantitative estimate of drug-likeness (QED) is 0.793. The Hall–Kier alpha value is -0.860. The Morgan fingerprint density at radius 2 is 1.94 bits per heavy atom. The summed E-state index contributed by atoms with van der Waals surface area (Å²) >= 11 is 0. The fourth-order valence-electron chi connectivity index (χ4n) is 1.58. The van der Waals surface area contributed by atoms with Crippen LogP contribution in [0.25, 0.3) is 0 Å². The molecule has 0 spiro atoms. The Labute approximate surface area is 99.7 Å². The summed E-state index contributed by atoms with van der Waals surface area (Å²) in [6.07, 6.45) is 0. The molecule has 0 aliphatic heterocycles. The number of benzene rings is 1. The van der Waals surface area contributed by atoms with Crippen molar-refractivity contribution in [1.82, 2.24) is 10.2 Å². The van der Waals surface area contributed by atoms with Gasteiger partial charge in [0, 0.05) is 19.1 Å². The van der Waals surface area contributed by atoms with Crippen LogP contribution in [0, 0.1) is 0 Å². The molecule has 0 bridgehead atoms. The summed E-state index contributed by atoms with van der Waals surface area (Å²) in [5.74, 6) is 0. The molecule has 0 saturated carbocycles. The zero-order valence-electron chi connectivity index (χ0n) is 11.0. The summed E-state index contributed by atoms with van der Waals surface area (Å²) in [4.78, 5) is 2.31. The summed E-state index contributed by atoms with van der Waals surface area (Å²) in [6, 6.07) is 9.37. The molecule has 0 atom stereocenters. The zero-order valence-corrected chi connectivity index (χ0v) is 11.0. The summed E-state index contributed by atoms with van der Waals surface area (Å²) in [6.45, 7) is 9.62. The van der Waals surface area contributed by atoms with Crippen LogP contribution in [0.15, 0.2) is 24.3 Å². The van der Waals surface area contributed by atoms with Crippen molar-refractivity contribution >= 4 is 0 Å². The van der Waals surface area contributed by atoms with Gasteiger partial charge in [0.25, 0.3) is 0 Å². The van der Waals surface area contributed by atoms with Crippen LogP contribution in [0.3, 0.4) is 0 Å². The summed E-state index contributed by atoms with van der Waals surface area (Å²) < 4.78 is 0. The molecule has 16 heavy (non-hydrogen) atoms. The fourth-order valence-corrected chi connectivity index (χ4v) is 1.58. The molecule has 0 fully saturated rings. The summed E-state index contributed by atoms with van der Waals surface area (Å²) in [5.41, 5.74) is 2.77.